The highest BCUT2D eigenvalue weighted by molar-refractivity contribution is 5.89. The maximum atomic E-state index is 12.5. The van der Waals surface area contributed by atoms with Crippen LogP contribution >= 0.6 is 0 Å². The molecule has 0 bridgehead atoms. The van der Waals surface area contributed by atoms with Crippen molar-refractivity contribution < 1.29 is 18.0 Å². The molecule has 2 rings (SSSR count). The normalized spacial score (nSPS) is 12.1. The maximum absolute atomic E-state index is 12.5. The van der Waals surface area contributed by atoms with Crippen molar-refractivity contribution in [1.29, 1.82) is 5.26 Å². The molecule has 0 radical (unpaired) electrons. The largest absolute Gasteiger partial charge is 0.416 e. The van der Waals surface area contributed by atoms with Crippen LogP contribution in [-0.4, -0.2) is 12.1 Å². The molecule has 4 nitrogen and oxygen atoms in total. The lowest BCUT2D eigenvalue weighted by molar-refractivity contribution is -0.137. The summed E-state index contributed by atoms with van der Waals surface area (Å²) in [5.74, 6) is 0. The number of nitrogens with one attached hydrogen (secondary N) is 2. The zero-order valence-corrected chi connectivity index (χ0v) is 13.4. The predicted molar refractivity (Wildman–Crippen MR) is 87.9 cm³/mol. The second kappa shape index (κ2) is 7.71. The van der Waals surface area contributed by atoms with Crippen molar-refractivity contribution in [3.05, 3.63) is 65.2 Å². The fourth-order valence-electron chi connectivity index (χ4n) is 2.29. The van der Waals surface area contributed by atoms with Crippen LogP contribution in [0.2, 0.25) is 0 Å². The van der Waals surface area contributed by atoms with Crippen LogP contribution in [0.3, 0.4) is 0 Å². The lowest BCUT2D eigenvalue weighted by atomic mass is 10.1. The lowest BCUT2D eigenvalue weighted by Crippen LogP contribution is -2.37. The molecule has 25 heavy (non-hydrogen) atoms. The molecular formula is C18H16F3N3O. The van der Waals surface area contributed by atoms with Crippen molar-refractivity contribution in [2.24, 2.45) is 0 Å². The number of hydrogen-bond donors (Lipinski definition) is 2. The lowest BCUT2D eigenvalue weighted by Gasteiger charge is -2.15. The monoisotopic (exact) mass is 347 g/mol. The van der Waals surface area contributed by atoms with Gasteiger partial charge in [0, 0.05) is 11.7 Å². The maximum Gasteiger partial charge on any atom is 0.416 e. The first-order chi connectivity index (χ1) is 11.8. The summed E-state index contributed by atoms with van der Waals surface area (Å²) in [7, 11) is 0. The van der Waals surface area contributed by atoms with Crippen molar-refractivity contribution >= 4 is 11.7 Å². The molecule has 0 fully saturated rings. The Morgan fingerprint density at radius 3 is 2.48 bits per heavy atom. The van der Waals surface area contributed by atoms with Crippen molar-refractivity contribution in [2.45, 2.75) is 25.6 Å². The average molecular weight is 347 g/mol. The van der Waals surface area contributed by atoms with Crippen LogP contribution in [0.5, 0.6) is 0 Å². The molecule has 1 atom stereocenters. The minimum atomic E-state index is -4.36. The highest BCUT2D eigenvalue weighted by Gasteiger charge is 2.29. The molecule has 0 aromatic heterocycles. The van der Waals surface area contributed by atoms with Crippen LogP contribution in [0.1, 0.15) is 23.6 Å². The van der Waals surface area contributed by atoms with Crippen LogP contribution in [0, 0.1) is 11.3 Å². The second-order valence-electron chi connectivity index (χ2n) is 5.59. The number of rotatable bonds is 4. The summed E-state index contributed by atoms with van der Waals surface area (Å²) in [6, 6.07) is 12.6. The number of anilines is 1. The molecule has 130 valence electrons. The van der Waals surface area contributed by atoms with E-state index in [0.717, 1.165) is 12.1 Å². The van der Waals surface area contributed by atoms with Gasteiger partial charge < -0.3 is 10.6 Å². The van der Waals surface area contributed by atoms with Crippen LogP contribution in [0.25, 0.3) is 0 Å². The second-order valence-corrected chi connectivity index (χ2v) is 5.59. The van der Waals surface area contributed by atoms with E-state index >= 15 is 0 Å². The molecule has 0 saturated heterocycles. The number of nitrogens with zero attached hydrogens (tertiary/aromatic N) is 1. The number of amides is 2. The Morgan fingerprint density at radius 1 is 1.20 bits per heavy atom. The summed E-state index contributed by atoms with van der Waals surface area (Å²) in [5.41, 5.74) is 0.896. The van der Waals surface area contributed by atoms with Gasteiger partial charge in [-0.3, -0.25) is 0 Å². The van der Waals surface area contributed by atoms with Gasteiger partial charge in [0.25, 0.3) is 0 Å². The Hall–Kier alpha value is -3.01. The van der Waals surface area contributed by atoms with Gasteiger partial charge in [0.15, 0.2) is 0 Å². The van der Waals surface area contributed by atoms with Crippen LogP contribution in [0.15, 0.2) is 48.5 Å². The van der Waals surface area contributed by atoms with Crippen molar-refractivity contribution in [1.82, 2.24) is 5.32 Å². The molecule has 0 saturated carbocycles. The van der Waals surface area contributed by atoms with Gasteiger partial charge in [-0.1, -0.05) is 18.2 Å². The molecule has 0 heterocycles. The minimum Gasteiger partial charge on any atom is -0.335 e. The van der Waals surface area contributed by atoms with Crippen LogP contribution in [0.4, 0.5) is 23.7 Å². The number of alkyl halides is 3. The minimum absolute atomic E-state index is 0.282. The molecule has 0 aliphatic rings. The fraction of sp³-hybridized carbons (Fsp3) is 0.222. The van der Waals surface area contributed by atoms with Crippen LogP contribution in [-0.2, 0) is 12.6 Å². The Balaban J connectivity index is 1.90. The SMILES string of the molecule is CC(Cc1ccc(C(F)(F)F)cc1)NC(=O)Nc1cccc(C#N)c1. The molecule has 0 aliphatic heterocycles. The van der Waals surface area contributed by atoms with Gasteiger partial charge >= 0.3 is 12.2 Å². The third-order valence-corrected chi connectivity index (χ3v) is 3.45. The first-order valence-corrected chi connectivity index (χ1v) is 7.52. The van der Waals surface area contributed by atoms with E-state index in [1.54, 1.807) is 31.2 Å². The number of nitriles is 1. The molecule has 1 unspecified atom stereocenters. The van der Waals surface area contributed by atoms with Gasteiger partial charge in [0.2, 0.25) is 0 Å². The van der Waals surface area contributed by atoms with Gasteiger partial charge in [-0.05, 0) is 49.2 Å². The standard InChI is InChI=1S/C18H16F3N3O/c1-12(9-13-5-7-15(8-6-13)18(19,20)21)23-17(25)24-16-4-2-3-14(10-16)11-22/h2-8,10,12H,9H2,1H3,(H2,23,24,25). The van der Waals surface area contributed by atoms with E-state index < -0.39 is 17.8 Å². The third-order valence-electron chi connectivity index (χ3n) is 3.45. The summed E-state index contributed by atoms with van der Waals surface area (Å²) in [4.78, 5) is 11.9. The highest BCUT2D eigenvalue weighted by Crippen LogP contribution is 2.29. The first kappa shape index (κ1) is 18.3. The molecule has 2 amide bonds. The van der Waals surface area contributed by atoms with Crippen molar-refractivity contribution in [3.63, 3.8) is 0 Å². The Bertz CT molecular complexity index is 779. The zero-order valence-electron chi connectivity index (χ0n) is 13.4. The number of urea groups is 1. The van der Waals surface area contributed by atoms with Gasteiger partial charge in [-0.25, -0.2) is 4.79 Å². The average Bonchev–Trinajstić information content (AvgIpc) is 2.54. The fourth-order valence-corrected chi connectivity index (χ4v) is 2.29. The number of hydrogen-bond acceptors (Lipinski definition) is 2. The predicted octanol–water partition coefficient (Wildman–Crippen LogP) is 4.33. The van der Waals surface area contributed by atoms with Crippen molar-refractivity contribution in [3.8, 4) is 6.07 Å². The van der Waals surface area contributed by atoms with E-state index in [1.807, 2.05) is 6.07 Å². The Labute approximate surface area is 143 Å². The third kappa shape index (κ3) is 5.53. The molecule has 0 spiro atoms. The van der Waals surface area contributed by atoms with E-state index in [0.29, 0.717) is 23.2 Å². The zero-order chi connectivity index (χ0) is 18.4. The molecule has 2 aromatic carbocycles. The quantitative estimate of drug-likeness (QED) is 0.864. The summed E-state index contributed by atoms with van der Waals surface area (Å²) < 4.78 is 37.6. The summed E-state index contributed by atoms with van der Waals surface area (Å²) in [6.45, 7) is 1.75. The highest BCUT2D eigenvalue weighted by atomic mass is 19.4. The van der Waals surface area contributed by atoms with Crippen LogP contribution < -0.4 is 10.6 Å². The first-order valence-electron chi connectivity index (χ1n) is 7.52. The summed E-state index contributed by atoms with van der Waals surface area (Å²) >= 11 is 0. The summed E-state index contributed by atoms with van der Waals surface area (Å²) in [5, 5.41) is 14.1. The van der Waals surface area contributed by atoms with Gasteiger partial charge in [-0.2, -0.15) is 18.4 Å². The smallest absolute Gasteiger partial charge is 0.335 e. The van der Waals surface area contributed by atoms with E-state index in [9.17, 15) is 18.0 Å². The van der Waals surface area contributed by atoms with E-state index in [-0.39, 0.29) is 6.04 Å². The molecule has 7 heteroatoms. The van der Waals surface area contributed by atoms with Gasteiger partial charge in [0.1, 0.15) is 0 Å². The van der Waals surface area contributed by atoms with E-state index in [2.05, 4.69) is 10.6 Å². The molecule has 2 N–H and O–H groups in total. The summed E-state index contributed by atoms with van der Waals surface area (Å²) in [6.07, 6.45) is -3.97. The number of halogens is 3. The number of benzene rings is 2. The van der Waals surface area contributed by atoms with E-state index in [4.69, 9.17) is 5.26 Å². The van der Waals surface area contributed by atoms with Gasteiger partial charge in [0.05, 0.1) is 17.2 Å². The van der Waals surface area contributed by atoms with Crippen molar-refractivity contribution in [2.75, 3.05) is 5.32 Å². The molecular weight excluding hydrogens is 331 g/mol. The Morgan fingerprint density at radius 2 is 1.88 bits per heavy atom. The van der Waals surface area contributed by atoms with E-state index in [1.165, 1.54) is 12.1 Å². The topological polar surface area (TPSA) is 64.9 Å². The molecule has 0 aliphatic carbocycles. The Kier molecular flexibility index (Phi) is 5.65. The van der Waals surface area contributed by atoms with Gasteiger partial charge in [-0.15, -0.1) is 0 Å². The molecule has 2 aromatic rings. The number of carbonyl (C=O) groups excluding carboxylic acids is 1. The number of carbonyl (C=O) groups is 1.